The molecule has 0 aromatic carbocycles. The minimum atomic E-state index is -1.52. The SMILES string of the molecule is CC(C)(C)C#CC[C@](C)(O)C(=O)OCC[Si](C)(C)C. The fourth-order valence-electron chi connectivity index (χ4n) is 1.16. The topological polar surface area (TPSA) is 46.5 Å². The summed E-state index contributed by atoms with van der Waals surface area (Å²) in [7, 11) is -1.22. The minimum Gasteiger partial charge on any atom is -0.464 e. The highest BCUT2D eigenvalue weighted by Crippen LogP contribution is 2.15. The average molecular weight is 284 g/mol. The Hall–Kier alpha value is -0.793. The molecule has 0 saturated carbocycles. The van der Waals surface area contributed by atoms with Crippen LogP contribution in [0.15, 0.2) is 0 Å². The highest BCUT2D eigenvalue weighted by molar-refractivity contribution is 6.76. The fraction of sp³-hybridized carbons (Fsp3) is 0.800. The molecule has 0 radical (unpaired) electrons. The zero-order chi connectivity index (χ0) is 15.3. The van der Waals surface area contributed by atoms with Gasteiger partial charge in [-0.05, 0) is 33.7 Å². The molecule has 110 valence electrons. The van der Waals surface area contributed by atoms with E-state index in [4.69, 9.17) is 4.74 Å². The van der Waals surface area contributed by atoms with Gasteiger partial charge in [0.25, 0.3) is 0 Å². The van der Waals surface area contributed by atoms with Gasteiger partial charge in [-0.3, -0.25) is 0 Å². The van der Waals surface area contributed by atoms with Crippen LogP contribution in [-0.2, 0) is 9.53 Å². The lowest BCUT2D eigenvalue weighted by Crippen LogP contribution is -2.37. The number of rotatable bonds is 5. The van der Waals surface area contributed by atoms with Crippen molar-refractivity contribution in [3.8, 4) is 11.8 Å². The van der Waals surface area contributed by atoms with Crippen LogP contribution >= 0.6 is 0 Å². The summed E-state index contributed by atoms with van der Waals surface area (Å²) in [6, 6.07) is 0.905. The van der Waals surface area contributed by atoms with Gasteiger partial charge in [-0.25, -0.2) is 4.79 Å². The van der Waals surface area contributed by atoms with Crippen LogP contribution in [0.1, 0.15) is 34.1 Å². The van der Waals surface area contributed by atoms with E-state index in [9.17, 15) is 9.90 Å². The first kappa shape index (κ1) is 18.2. The van der Waals surface area contributed by atoms with Gasteiger partial charge in [-0.2, -0.15) is 0 Å². The highest BCUT2D eigenvalue weighted by Gasteiger charge is 2.31. The summed E-state index contributed by atoms with van der Waals surface area (Å²) in [5.74, 6) is 5.29. The van der Waals surface area contributed by atoms with Crippen LogP contribution in [0.5, 0.6) is 0 Å². The quantitative estimate of drug-likeness (QED) is 0.479. The van der Waals surface area contributed by atoms with E-state index in [-0.39, 0.29) is 11.8 Å². The summed E-state index contributed by atoms with van der Waals surface area (Å²) < 4.78 is 5.14. The summed E-state index contributed by atoms with van der Waals surface area (Å²) in [5.41, 5.74) is -1.64. The number of ether oxygens (including phenoxy) is 1. The van der Waals surface area contributed by atoms with Crippen LogP contribution in [0, 0.1) is 17.3 Å². The lowest BCUT2D eigenvalue weighted by atomic mass is 9.96. The molecule has 0 bridgehead atoms. The largest absolute Gasteiger partial charge is 0.464 e. The molecule has 0 unspecified atom stereocenters. The number of carbonyl (C=O) groups excluding carboxylic acids is 1. The second-order valence-electron chi connectivity index (χ2n) is 7.45. The first-order valence-corrected chi connectivity index (χ1v) is 10.4. The fourth-order valence-corrected chi connectivity index (χ4v) is 1.87. The number of hydrogen-bond donors (Lipinski definition) is 1. The van der Waals surface area contributed by atoms with E-state index >= 15 is 0 Å². The van der Waals surface area contributed by atoms with Gasteiger partial charge < -0.3 is 9.84 Å². The van der Waals surface area contributed by atoms with Crippen molar-refractivity contribution >= 4 is 14.0 Å². The lowest BCUT2D eigenvalue weighted by Gasteiger charge is -2.21. The molecular weight excluding hydrogens is 256 g/mol. The monoisotopic (exact) mass is 284 g/mol. The molecule has 4 heteroatoms. The van der Waals surface area contributed by atoms with Crippen LogP contribution in [0.4, 0.5) is 0 Å². The third-order valence-electron chi connectivity index (χ3n) is 2.42. The maximum atomic E-state index is 11.8. The van der Waals surface area contributed by atoms with Crippen molar-refractivity contribution in [1.29, 1.82) is 0 Å². The van der Waals surface area contributed by atoms with Gasteiger partial charge in [0.1, 0.15) is 0 Å². The molecule has 0 heterocycles. The van der Waals surface area contributed by atoms with Gasteiger partial charge in [0, 0.05) is 19.9 Å². The van der Waals surface area contributed by atoms with E-state index in [1.165, 1.54) is 6.92 Å². The maximum absolute atomic E-state index is 11.8. The molecule has 0 aliphatic heterocycles. The van der Waals surface area contributed by atoms with Crippen LogP contribution in [0.25, 0.3) is 0 Å². The molecular formula is C15H28O3Si. The van der Waals surface area contributed by atoms with E-state index in [1.807, 2.05) is 20.8 Å². The van der Waals surface area contributed by atoms with Crippen molar-refractivity contribution in [2.75, 3.05) is 6.61 Å². The predicted molar refractivity (Wildman–Crippen MR) is 81.6 cm³/mol. The van der Waals surface area contributed by atoms with Crippen molar-refractivity contribution in [2.45, 2.75) is 65.4 Å². The van der Waals surface area contributed by atoms with E-state index in [2.05, 4.69) is 31.5 Å². The Morgan fingerprint density at radius 3 is 2.16 bits per heavy atom. The Morgan fingerprint density at radius 1 is 1.21 bits per heavy atom. The Morgan fingerprint density at radius 2 is 1.74 bits per heavy atom. The van der Waals surface area contributed by atoms with Gasteiger partial charge in [0.05, 0.1) is 6.61 Å². The second-order valence-corrected chi connectivity index (χ2v) is 13.1. The molecule has 1 atom stereocenters. The molecule has 0 amide bonds. The average Bonchev–Trinajstić information content (AvgIpc) is 2.12. The Kier molecular flexibility index (Phi) is 6.31. The van der Waals surface area contributed by atoms with E-state index in [1.54, 1.807) is 0 Å². The normalized spacial score (nSPS) is 15.2. The van der Waals surface area contributed by atoms with Crippen molar-refractivity contribution in [3.05, 3.63) is 0 Å². The Labute approximate surface area is 118 Å². The molecule has 0 aliphatic rings. The number of aliphatic hydroxyl groups is 1. The number of esters is 1. The van der Waals surface area contributed by atoms with Crippen molar-refractivity contribution in [2.24, 2.45) is 5.41 Å². The molecule has 0 aliphatic carbocycles. The standard InChI is InChI=1S/C15H28O3Si/c1-14(2,3)9-8-10-15(4,17)13(16)18-11-12-19(5,6)7/h17H,10-12H2,1-7H3/t15-/m0/s1. The highest BCUT2D eigenvalue weighted by atomic mass is 28.3. The lowest BCUT2D eigenvalue weighted by molar-refractivity contribution is -0.162. The Balaban J connectivity index is 4.32. The van der Waals surface area contributed by atoms with Crippen LogP contribution < -0.4 is 0 Å². The zero-order valence-electron chi connectivity index (χ0n) is 13.4. The minimum absolute atomic E-state index is 0.107. The molecule has 0 aromatic rings. The first-order valence-electron chi connectivity index (χ1n) is 6.73. The van der Waals surface area contributed by atoms with Crippen molar-refractivity contribution < 1.29 is 14.6 Å². The number of hydrogen-bond acceptors (Lipinski definition) is 3. The van der Waals surface area contributed by atoms with Crippen LogP contribution in [0.2, 0.25) is 25.7 Å². The molecule has 1 N–H and O–H groups in total. The van der Waals surface area contributed by atoms with Crippen LogP contribution in [0.3, 0.4) is 0 Å². The maximum Gasteiger partial charge on any atom is 0.338 e. The summed E-state index contributed by atoms with van der Waals surface area (Å²) >= 11 is 0. The second kappa shape index (κ2) is 6.58. The van der Waals surface area contributed by atoms with E-state index in [0.29, 0.717) is 6.61 Å². The zero-order valence-corrected chi connectivity index (χ0v) is 14.4. The van der Waals surface area contributed by atoms with Gasteiger partial charge >= 0.3 is 5.97 Å². The summed E-state index contributed by atoms with van der Waals surface area (Å²) in [5, 5.41) is 10.0. The molecule has 3 nitrogen and oxygen atoms in total. The van der Waals surface area contributed by atoms with Crippen molar-refractivity contribution in [3.63, 3.8) is 0 Å². The van der Waals surface area contributed by atoms with Gasteiger partial charge in [0.15, 0.2) is 5.60 Å². The van der Waals surface area contributed by atoms with Gasteiger partial charge in [0.2, 0.25) is 0 Å². The first-order chi connectivity index (χ1) is 8.33. The molecule has 0 fully saturated rings. The molecule has 19 heavy (non-hydrogen) atoms. The molecule has 0 spiro atoms. The van der Waals surface area contributed by atoms with Crippen LogP contribution in [-0.4, -0.2) is 31.4 Å². The molecule has 0 aromatic heterocycles. The third-order valence-corrected chi connectivity index (χ3v) is 4.13. The summed E-state index contributed by atoms with van der Waals surface area (Å²) in [6.45, 7) is 14.5. The molecule has 0 saturated heterocycles. The van der Waals surface area contributed by atoms with Crippen molar-refractivity contribution in [1.82, 2.24) is 0 Å². The summed E-state index contributed by atoms with van der Waals surface area (Å²) in [6.07, 6.45) is 0.107. The third kappa shape index (κ3) is 9.75. The van der Waals surface area contributed by atoms with E-state index in [0.717, 1.165) is 6.04 Å². The molecule has 0 rings (SSSR count). The summed E-state index contributed by atoms with van der Waals surface area (Å²) in [4.78, 5) is 11.8. The predicted octanol–water partition coefficient (Wildman–Crippen LogP) is 3.06. The smallest absolute Gasteiger partial charge is 0.338 e. The van der Waals surface area contributed by atoms with Gasteiger partial charge in [-0.1, -0.05) is 31.5 Å². The number of carbonyl (C=O) groups is 1. The van der Waals surface area contributed by atoms with Gasteiger partial charge in [-0.15, -0.1) is 0 Å². The Bertz CT molecular complexity index is 362. The van der Waals surface area contributed by atoms with E-state index < -0.39 is 19.6 Å².